The lowest BCUT2D eigenvalue weighted by molar-refractivity contribution is -0.136. The maximum absolute atomic E-state index is 10.3. The lowest BCUT2D eigenvalue weighted by Crippen LogP contribution is -2.32. The van der Waals surface area contributed by atoms with Crippen LogP contribution in [0.15, 0.2) is 0 Å². The van der Waals surface area contributed by atoms with E-state index in [0.717, 1.165) is 12.5 Å². The molecule has 1 aliphatic rings. The number of carboxylic acid groups (broad SMARTS) is 1. The summed E-state index contributed by atoms with van der Waals surface area (Å²) >= 11 is 0. The molecule has 2 unspecified atom stereocenters. The largest absolute Gasteiger partial charge is 0.480 e. The second-order valence-corrected chi connectivity index (χ2v) is 4.05. The van der Waals surface area contributed by atoms with Crippen LogP contribution in [0.5, 0.6) is 0 Å². The zero-order chi connectivity index (χ0) is 9.68. The zero-order valence-corrected chi connectivity index (χ0v) is 8.25. The van der Waals surface area contributed by atoms with Crippen molar-refractivity contribution in [2.75, 3.05) is 13.1 Å². The van der Waals surface area contributed by atoms with E-state index in [4.69, 9.17) is 5.11 Å². The molecule has 76 valence electrons. The third-order valence-corrected chi connectivity index (χ3v) is 2.97. The molecule has 0 radical (unpaired) electrons. The summed E-state index contributed by atoms with van der Waals surface area (Å²) in [5, 5.41) is 11.4. The average molecular weight is 185 g/mol. The van der Waals surface area contributed by atoms with Crippen LogP contribution < -0.4 is 5.32 Å². The summed E-state index contributed by atoms with van der Waals surface area (Å²) in [6, 6.07) is 0. The summed E-state index contributed by atoms with van der Waals surface area (Å²) in [5.74, 6) is 0.687. The van der Waals surface area contributed by atoms with Crippen molar-refractivity contribution in [2.24, 2.45) is 11.8 Å². The minimum absolute atomic E-state index is 0.100. The molecule has 0 amide bonds. The van der Waals surface area contributed by atoms with E-state index in [1.807, 2.05) is 0 Å². The molecule has 3 heteroatoms. The van der Waals surface area contributed by atoms with Crippen molar-refractivity contribution in [3.05, 3.63) is 0 Å². The lowest BCUT2D eigenvalue weighted by Gasteiger charge is -2.28. The van der Waals surface area contributed by atoms with Crippen molar-refractivity contribution in [1.82, 2.24) is 5.32 Å². The van der Waals surface area contributed by atoms with Crippen molar-refractivity contribution >= 4 is 5.97 Å². The van der Waals surface area contributed by atoms with E-state index in [2.05, 4.69) is 12.2 Å². The first kappa shape index (κ1) is 10.5. The van der Waals surface area contributed by atoms with E-state index >= 15 is 0 Å². The quantitative estimate of drug-likeness (QED) is 0.697. The average Bonchev–Trinajstić information content (AvgIpc) is 2.08. The van der Waals surface area contributed by atoms with Crippen LogP contribution in [0.25, 0.3) is 0 Å². The molecule has 1 aliphatic carbocycles. The monoisotopic (exact) mass is 185 g/mol. The number of carbonyl (C=O) groups is 1. The highest BCUT2D eigenvalue weighted by Gasteiger charge is 2.20. The molecule has 0 aromatic carbocycles. The number of carboxylic acids is 1. The van der Waals surface area contributed by atoms with Crippen molar-refractivity contribution in [2.45, 2.75) is 32.6 Å². The molecule has 2 atom stereocenters. The van der Waals surface area contributed by atoms with Crippen LogP contribution in [0.2, 0.25) is 0 Å². The van der Waals surface area contributed by atoms with Gasteiger partial charge in [0.05, 0.1) is 6.54 Å². The predicted molar refractivity (Wildman–Crippen MR) is 51.6 cm³/mol. The first-order valence-corrected chi connectivity index (χ1v) is 5.12. The van der Waals surface area contributed by atoms with Crippen molar-refractivity contribution in [3.8, 4) is 0 Å². The fourth-order valence-corrected chi connectivity index (χ4v) is 2.06. The highest BCUT2D eigenvalue weighted by molar-refractivity contribution is 5.68. The van der Waals surface area contributed by atoms with Gasteiger partial charge in [-0.15, -0.1) is 0 Å². The van der Waals surface area contributed by atoms with Gasteiger partial charge in [0.15, 0.2) is 0 Å². The smallest absolute Gasteiger partial charge is 0.317 e. The molecule has 1 fully saturated rings. The van der Waals surface area contributed by atoms with Crippen LogP contribution >= 0.6 is 0 Å². The molecular formula is C10H19NO2. The molecule has 1 saturated carbocycles. The SMILES string of the molecule is CC1CCCCC1CNCC(=O)O. The Hall–Kier alpha value is -0.570. The summed E-state index contributed by atoms with van der Waals surface area (Å²) in [6.45, 7) is 3.24. The fourth-order valence-electron chi connectivity index (χ4n) is 2.06. The molecule has 13 heavy (non-hydrogen) atoms. The Morgan fingerprint density at radius 2 is 2.15 bits per heavy atom. The molecule has 2 N–H and O–H groups in total. The van der Waals surface area contributed by atoms with E-state index in [9.17, 15) is 4.79 Å². The lowest BCUT2D eigenvalue weighted by atomic mass is 9.80. The van der Waals surface area contributed by atoms with E-state index in [1.54, 1.807) is 0 Å². The fraction of sp³-hybridized carbons (Fsp3) is 0.900. The van der Waals surface area contributed by atoms with Crippen molar-refractivity contribution in [1.29, 1.82) is 0 Å². The molecule has 3 nitrogen and oxygen atoms in total. The van der Waals surface area contributed by atoms with Gasteiger partial charge < -0.3 is 10.4 Å². The van der Waals surface area contributed by atoms with Gasteiger partial charge in [-0.2, -0.15) is 0 Å². The topological polar surface area (TPSA) is 49.3 Å². The Bertz CT molecular complexity index is 170. The van der Waals surface area contributed by atoms with Crippen LogP contribution in [0.1, 0.15) is 32.6 Å². The van der Waals surface area contributed by atoms with Crippen molar-refractivity contribution in [3.63, 3.8) is 0 Å². The number of aliphatic carboxylic acids is 1. The number of nitrogens with one attached hydrogen (secondary N) is 1. The van der Waals surface area contributed by atoms with Gasteiger partial charge in [-0.25, -0.2) is 0 Å². The Balaban J connectivity index is 2.15. The Morgan fingerprint density at radius 1 is 1.46 bits per heavy atom. The van der Waals surface area contributed by atoms with Gasteiger partial charge in [0.25, 0.3) is 0 Å². The maximum atomic E-state index is 10.3. The van der Waals surface area contributed by atoms with Crippen LogP contribution in [0.4, 0.5) is 0 Å². The summed E-state index contributed by atoms with van der Waals surface area (Å²) in [6.07, 6.45) is 5.22. The van der Waals surface area contributed by atoms with Gasteiger partial charge >= 0.3 is 5.97 Å². The molecule has 0 heterocycles. The second kappa shape index (κ2) is 5.22. The third kappa shape index (κ3) is 3.77. The number of hydrogen-bond acceptors (Lipinski definition) is 2. The Morgan fingerprint density at radius 3 is 2.77 bits per heavy atom. The van der Waals surface area contributed by atoms with Crippen LogP contribution in [0, 0.1) is 11.8 Å². The van der Waals surface area contributed by atoms with E-state index < -0.39 is 5.97 Å². The molecule has 0 aliphatic heterocycles. The first-order chi connectivity index (χ1) is 6.20. The number of hydrogen-bond donors (Lipinski definition) is 2. The number of rotatable bonds is 4. The second-order valence-electron chi connectivity index (χ2n) is 4.05. The van der Waals surface area contributed by atoms with Gasteiger partial charge in [0.1, 0.15) is 0 Å². The van der Waals surface area contributed by atoms with E-state index in [1.165, 1.54) is 25.7 Å². The highest BCUT2D eigenvalue weighted by Crippen LogP contribution is 2.28. The van der Waals surface area contributed by atoms with Gasteiger partial charge in [-0.1, -0.05) is 26.2 Å². The van der Waals surface area contributed by atoms with Crippen LogP contribution in [-0.4, -0.2) is 24.2 Å². The van der Waals surface area contributed by atoms with Gasteiger partial charge in [-0.3, -0.25) is 4.79 Å². The third-order valence-electron chi connectivity index (χ3n) is 2.97. The normalized spacial score (nSPS) is 28.7. The Labute approximate surface area is 79.5 Å². The molecule has 1 rings (SSSR count). The molecule has 0 saturated heterocycles. The summed E-state index contributed by atoms with van der Waals surface area (Å²) in [5.41, 5.74) is 0. The first-order valence-electron chi connectivity index (χ1n) is 5.12. The molecule has 0 aromatic rings. The summed E-state index contributed by atoms with van der Waals surface area (Å²) in [4.78, 5) is 10.3. The molecule has 0 spiro atoms. The Kier molecular flexibility index (Phi) is 4.22. The van der Waals surface area contributed by atoms with Gasteiger partial charge in [0, 0.05) is 0 Å². The van der Waals surface area contributed by atoms with E-state index in [-0.39, 0.29) is 6.54 Å². The highest BCUT2D eigenvalue weighted by atomic mass is 16.4. The van der Waals surface area contributed by atoms with Crippen LogP contribution in [0.3, 0.4) is 0 Å². The molecular weight excluding hydrogens is 166 g/mol. The standard InChI is InChI=1S/C10H19NO2/c1-8-4-2-3-5-9(8)6-11-7-10(12)13/h8-9,11H,2-7H2,1H3,(H,12,13). The zero-order valence-electron chi connectivity index (χ0n) is 8.25. The van der Waals surface area contributed by atoms with Crippen molar-refractivity contribution < 1.29 is 9.90 Å². The van der Waals surface area contributed by atoms with Gasteiger partial charge in [0.2, 0.25) is 0 Å². The summed E-state index contributed by atoms with van der Waals surface area (Å²) in [7, 11) is 0. The maximum Gasteiger partial charge on any atom is 0.317 e. The predicted octanol–water partition coefficient (Wildman–Crippen LogP) is 1.49. The minimum Gasteiger partial charge on any atom is -0.480 e. The van der Waals surface area contributed by atoms with Crippen LogP contribution in [-0.2, 0) is 4.79 Å². The minimum atomic E-state index is -0.761. The summed E-state index contributed by atoms with van der Waals surface area (Å²) < 4.78 is 0. The van der Waals surface area contributed by atoms with Gasteiger partial charge in [-0.05, 0) is 24.8 Å². The van der Waals surface area contributed by atoms with E-state index in [0.29, 0.717) is 5.92 Å². The molecule has 0 aromatic heterocycles. The molecule has 0 bridgehead atoms.